The van der Waals surface area contributed by atoms with E-state index in [4.69, 9.17) is 4.74 Å². The van der Waals surface area contributed by atoms with Crippen LogP contribution in [-0.2, 0) is 6.54 Å². The number of rotatable bonds is 14. The van der Waals surface area contributed by atoms with Crippen molar-refractivity contribution in [2.75, 3.05) is 46.9 Å². The predicted octanol–water partition coefficient (Wildman–Crippen LogP) is 4.05. The van der Waals surface area contributed by atoms with Crippen molar-refractivity contribution in [2.24, 2.45) is 0 Å². The van der Waals surface area contributed by atoms with Crippen LogP contribution in [0.25, 0.3) is 0 Å². The van der Waals surface area contributed by atoms with Crippen LogP contribution < -0.4 is 10.1 Å². The number of benzene rings is 2. The van der Waals surface area contributed by atoms with Crippen LogP contribution in [0.2, 0.25) is 0 Å². The number of nitrogens with zero attached hydrogens (tertiary/aromatic N) is 2. The fraction of sp³-hybridized carbons (Fsp3) is 0.480. The summed E-state index contributed by atoms with van der Waals surface area (Å²) in [6, 6.07) is 17.9. The monoisotopic (exact) mass is 411 g/mol. The molecule has 0 aliphatic heterocycles. The van der Waals surface area contributed by atoms with Crippen molar-refractivity contribution in [3.63, 3.8) is 0 Å². The van der Waals surface area contributed by atoms with E-state index in [9.17, 15) is 4.79 Å². The smallest absolute Gasteiger partial charge is 0.251 e. The minimum atomic E-state index is -0.0257. The molecule has 0 atom stereocenters. The number of hydrogen-bond donors (Lipinski definition) is 1. The van der Waals surface area contributed by atoms with E-state index in [0.29, 0.717) is 18.7 Å². The van der Waals surface area contributed by atoms with Crippen LogP contribution in [0.15, 0.2) is 54.6 Å². The first kappa shape index (κ1) is 23.9. The zero-order valence-electron chi connectivity index (χ0n) is 18.8. The zero-order chi connectivity index (χ0) is 21.6. The molecule has 0 spiro atoms. The van der Waals surface area contributed by atoms with Crippen LogP contribution in [0, 0.1) is 0 Å². The third kappa shape index (κ3) is 9.42. The fourth-order valence-corrected chi connectivity index (χ4v) is 3.27. The van der Waals surface area contributed by atoms with E-state index < -0.39 is 0 Å². The van der Waals surface area contributed by atoms with E-state index in [1.54, 1.807) is 0 Å². The lowest BCUT2D eigenvalue weighted by molar-refractivity contribution is 0.0952. The van der Waals surface area contributed by atoms with Crippen LogP contribution >= 0.6 is 0 Å². The molecule has 1 N–H and O–H groups in total. The Bertz CT molecular complexity index is 719. The number of carbonyl (C=O) groups is 1. The lowest BCUT2D eigenvalue weighted by Crippen LogP contribution is -2.30. The van der Waals surface area contributed by atoms with Crippen molar-refractivity contribution in [1.29, 1.82) is 0 Å². The van der Waals surface area contributed by atoms with Crippen molar-refractivity contribution in [3.8, 4) is 5.75 Å². The molecule has 0 aliphatic carbocycles. The van der Waals surface area contributed by atoms with Crippen LogP contribution in [0.5, 0.6) is 5.75 Å². The molecule has 0 saturated carbocycles. The largest absolute Gasteiger partial charge is 0.494 e. The second-order valence-corrected chi connectivity index (χ2v) is 7.86. The van der Waals surface area contributed by atoms with Crippen molar-refractivity contribution in [1.82, 2.24) is 15.1 Å². The highest BCUT2D eigenvalue weighted by molar-refractivity contribution is 5.94. The van der Waals surface area contributed by atoms with Crippen LogP contribution in [-0.4, -0.2) is 62.6 Å². The number of hydrogen-bond acceptors (Lipinski definition) is 4. The Labute approximate surface area is 182 Å². The van der Waals surface area contributed by atoms with E-state index in [1.807, 2.05) is 24.3 Å². The number of ether oxygens (including phenoxy) is 1. The normalized spacial score (nSPS) is 11.1. The molecule has 0 saturated heterocycles. The molecule has 5 heteroatoms. The minimum Gasteiger partial charge on any atom is -0.494 e. The summed E-state index contributed by atoms with van der Waals surface area (Å²) >= 11 is 0. The number of amides is 1. The van der Waals surface area contributed by atoms with Gasteiger partial charge in [-0.2, -0.15) is 0 Å². The van der Waals surface area contributed by atoms with Gasteiger partial charge in [0.25, 0.3) is 5.91 Å². The average Bonchev–Trinajstić information content (AvgIpc) is 2.76. The van der Waals surface area contributed by atoms with Gasteiger partial charge in [0.05, 0.1) is 6.61 Å². The van der Waals surface area contributed by atoms with Gasteiger partial charge in [-0.15, -0.1) is 0 Å². The molecule has 0 heterocycles. The van der Waals surface area contributed by atoms with Crippen molar-refractivity contribution in [2.45, 2.75) is 32.7 Å². The topological polar surface area (TPSA) is 44.8 Å². The van der Waals surface area contributed by atoms with Crippen molar-refractivity contribution >= 4 is 5.91 Å². The molecule has 164 valence electrons. The summed E-state index contributed by atoms with van der Waals surface area (Å²) in [4.78, 5) is 16.9. The Morgan fingerprint density at radius 2 is 1.57 bits per heavy atom. The molecule has 0 fully saturated rings. The second-order valence-electron chi connectivity index (χ2n) is 7.86. The Kier molecular flexibility index (Phi) is 11.0. The van der Waals surface area contributed by atoms with Gasteiger partial charge in [0, 0.05) is 18.7 Å². The molecule has 2 rings (SSSR count). The van der Waals surface area contributed by atoms with Gasteiger partial charge in [-0.3, -0.25) is 4.79 Å². The molecule has 30 heavy (non-hydrogen) atoms. The Balaban J connectivity index is 1.54. The molecule has 2 aromatic rings. The Morgan fingerprint density at radius 1 is 0.900 bits per heavy atom. The molecule has 2 aromatic carbocycles. The van der Waals surface area contributed by atoms with Crippen molar-refractivity contribution in [3.05, 3.63) is 65.7 Å². The second kappa shape index (κ2) is 13.8. The Hall–Kier alpha value is -2.37. The van der Waals surface area contributed by atoms with E-state index >= 15 is 0 Å². The predicted molar refractivity (Wildman–Crippen MR) is 124 cm³/mol. The van der Waals surface area contributed by atoms with Gasteiger partial charge in [0.15, 0.2) is 0 Å². The zero-order valence-corrected chi connectivity index (χ0v) is 18.8. The standard InChI is InChI=1S/C25H37N3O2/c1-4-20-30-24-14-12-23(13-15-24)25(29)26-16-8-17-27(2)18-9-19-28(3)21-22-10-6-5-7-11-22/h5-7,10-15H,4,8-9,16-21H2,1-3H3,(H,26,29). The molecule has 0 radical (unpaired) electrons. The molecule has 1 amide bonds. The summed E-state index contributed by atoms with van der Waals surface area (Å²) in [6.07, 6.45) is 3.06. The summed E-state index contributed by atoms with van der Waals surface area (Å²) in [5.74, 6) is 0.784. The summed E-state index contributed by atoms with van der Waals surface area (Å²) in [5.41, 5.74) is 2.03. The lowest BCUT2D eigenvalue weighted by atomic mass is 10.2. The molecule has 0 bridgehead atoms. The quantitative estimate of drug-likeness (QED) is 0.477. The first-order valence-electron chi connectivity index (χ1n) is 11.0. The van der Waals surface area contributed by atoms with Gasteiger partial charge in [-0.25, -0.2) is 0 Å². The van der Waals surface area contributed by atoms with E-state index in [2.05, 4.69) is 66.5 Å². The highest BCUT2D eigenvalue weighted by atomic mass is 16.5. The highest BCUT2D eigenvalue weighted by Gasteiger charge is 2.06. The number of nitrogens with one attached hydrogen (secondary N) is 1. The van der Waals surface area contributed by atoms with Gasteiger partial charge in [0.2, 0.25) is 0 Å². The van der Waals surface area contributed by atoms with Crippen LogP contribution in [0.4, 0.5) is 0 Å². The van der Waals surface area contributed by atoms with Crippen molar-refractivity contribution < 1.29 is 9.53 Å². The van der Waals surface area contributed by atoms with E-state index in [-0.39, 0.29) is 5.91 Å². The first-order valence-corrected chi connectivity index (χ1v) is 11.0. The third-order valence-corrected chi connectivity index (χ3v) is 4.97. The molecular formula is C25H37N3O2. The average molecular weight is 412 g/mol. The minimum absolute atomic E-state index is 0.0257. The number of carbonyl (C=O) groups excluding carboxylic acids is 1. The van der Waals surface area contributed by atoms with Gasteiger partial charge in [-0.05, 0) is 82.8 Å². The first-order chi connectivity index (χ1) is 14.6. The van der Waals surface area contributed by atoms with Gasteiger partial charge < -0.3 is 19.9 Å². The molecular weight excluding hydrogens is 374 g/mol. The highest BCUT2D eigenvalue weighted by Crippen LogP contribution is 2.12. The van der Waals surface area contributed by atoms with E-state index in [1.165, 1.54) is 5.56 Å². The lowest BCUT2D eigenvalue weighted by Gasteiger charge is -2.20. The van der Waals surface area contributed by atoms with Gasteiger partial charge >= 0.3 is 0 Å². The maximum absolute atomic E-state index is 12.2. The molecule has 5 nitrogen and oxygen atoms in total. The molecule has 0 aliphatic rings. The fourth-order valence-electron chi connectivity index (χ4n) is 3.27. The maximum Gasteiger partial charge on any atom is 0.251 e. The summed E-state index contributed by atoms with van der Waals surface area (Å²) in [5, 5.41) is 3.00. The van der Waals surface area contributed by atoms with E-state index in [0.717, 1.165) is 51.2 Å². The molecule has 0 aromatic heterocycles. The SMILES string of the molecule is CCCOc1ccc(C(=O)NCCCN(C)CCCN(C)Cc2ccccc2)cc1. The van der Waals surface area contributed by atoms with Gasteiger partial charge in [0.1, 0.15) is 5.75 Å². The van der Waals surface area contributed by atoms with Crippen LogP contribution in [0.3, 0.4) is 0 Å². The summed E-state index contributed by atoms with van der Waals surface area (Å²) in [7, 11) is 4.32. The summed E-state index contributed by atoms with van der Waals surface area (Å²) < 4.78 is 5.55. The molecule has 0 unspecified atom stereocenters. The maximum atomic E-state index is 12.2. The third-order valence-electron chi connectivity index (χ3n) is 4.97. The Morgan fingerprint density at radius 3 is 2.27 bits per heavy atom. The van der Waals surface area contributed by atoms with Crippen LogP contribution in [0.1, 0.15) is 42.1 Å². The summed E-state index contributed by atoms with van der Waals surface area (Å²) in [6.45, 7) is 7.56. The van der Waals surface area contributed by atoms with Gasteiger partial charge in [-0.1, -0.05) is 37.3 Å².